The summed E-state index contributed by atoms with van der Waals surface area (Å²) in [6, 6.07) is 15.9. The summed E-state index contributed by atoms with van der Waals surface area (Å²) in [5, 5.41) is 12.2. The van der Waals surface area contributed by atoms with Gasteiger partial charge in [0.05, 0.1) is 5.52 Å². The molecule has 0 atom stereocenters. The topological polar surface area (TPSA) is 28.0 Å². The minimum atomic E-state index is -0.690. The Morgan fingerprint density at radius 2 is 1.53 bits per heavy atom. The van der Waals surface area contributed by atoms with E-state index in [1.807, 2.05) is 18.2 Å². The van der Waals surface area contributed by atoms with Gasteiger partial charge in [-0.3, -0.25) is 0 Å². The van der Waals surface area contributed by atoms with Gasteiger partial charge in [-0.2, -0.15) is 0 Å². The zero-order valence-electron chi connectivity index (χ0n) is 8.93. The van der Waals surface area contributed by atoms with E-state index in [0.717, 1.165) is 0 Å². The molecule has 2 nitrogen and oxygen atoms in total. The zero-order valence-corrected chi connectivity index (χ0v) is 8.93. The van der Waals surface area contributed by atoms with Crippen LogP contribution in [-0.4, -0.2) is 4.57 Å². The van der Waals surface area contributed by atoms with E-state index >= 15 is 0 Å². The molecule has 3 aromatic rings. The first-order chi connectivity index (χ1) is 8.29. The van der Waals surface area contributed by atoms with Crippen molar-refractivity contribution in [3.63, 3.8) is 0 Å². The molecule has 0 spiro atoms. The number of hydrogen-bond acceptors (Lipinski definition) is 1. The van der Waals surface area contributed by atoms with Gasteiger partial charge >= 0.3 is 0 Å². The van der Waals surface area contributed by atoms with Crippen molar-refractivity contribution in [2.75, 3.05) is 0 Å². The van der Waals surface area contributed by atoms with E-state index in [2.05, 4.69) is 0 Å². The molecule has 1 heterocycles. The monoisotopic (exact) mass is 226 g/mol. The second-order valence-corrected chi connectivity index (χ2v) is 3.81. The molecule has 17 heavy (non-hydrogen) atoms. The molecule has 0 fully saturated rings. The maximum absolute atomic E-state index is 13.8. The lowest BCUT2D eigenvalue weighted by Gasteiger charge is -2.13. The minimum absolute atomic E-state index is 0.362. The molecule has 0 N–H and O–H groups in total. The van der Waals surface area contributed by atoms with Gasteiger partial charge in [-0.1, -0.05) is 30.3 Å². The van der Waals surface area contributed by atoms with Crippen LogP contribution in [0, 0.1) is 5.82 Å². The summed E-state index contributed by atoms with van der Waals surface area (Å²) in [5.74, 6) is -1.29. The Bertz CT molecular complexity index is 673. The highest BCUT2D eigenvalue weighted by Crippen LogP contribution is 2.30. The lowest BCUT2D eigenvalue weighted by atomic mass is 10.2. The number of aromatic nitrogens is 1. The van der Waals surface area contributed by atoms with Crippen molar-refractivity contribution in [2.24, 2.45) is 0 Å². The van der Waals surface area contributed by atoms with Crippen molar-refractivity contribution >= 4 is 10.9 Å². The van der Waals surface area contributed by atoms with E-state index in [4.69, 9.17) is 0 Å². The quantitative estimate of drug-likeness (QED) is 0.627. The number of hydrogen-bond donors (Lipinski definition) is 0. The van der Waals surface area contributed by atoms with Crippen LogP contribution in [0.1, 0.15) is 0 Å². The zero-order chi connectivity index (χ0) is 11.8. The van der Waals surface area contributed by atoms with Gasteiger partial charge in [0.15, 0.2) is 0 Å². The number of rotatable bonds is 1. The number of para-hydroxylation sites is 2. The van der Waals surface area contributed by atoms with Crippen molar-refractivity contribution in [3.05, 3.63) is 60.4 Å². The summed E-state index contributed by atoms with van der Waals surface area (Å²) in [4.78, 5) is 0. The molecule has 84 valence electrons. The average molecular weight is 226 g/mol. The van der Waals surface area contributed by atoms with Crippen LogP contribution in [0.3, 0.4) is 0 Å². The molecule has 3 heteroatoms. The van der Waals surface area contributed by atoms with E-state index in [1.54, 1.807) is 36.4 Å². The van der Waals surface area contributed by atoms with Gasteiger partial charge in [0, 0.05) is 17.0 Å². The van der Waals surface area contributed by atoms with E-state index in [9.17, 15) is 9.50 Å². The summed E-state index contributed by atoms with van der Waals surface area (Å²) in [5.41, 5.74) is 1.28. The predicted molar refractivity (Wildman–Crippen MR) is 62.7 cm³/mol. The minimum Gasteiger partial charge on any atom is -0.858 e. The predicted octanol–water partition coefficient (Wildman–Crippen LogP) is 2.84. The molecule has 1 aromatic heterocycles. The molecule has 0 aliphatic rings. The number of nitrogens with zero attached hydrogens (tertiary/aromatic N) is 1. The summed E-state index contributed by atoms with van der Waals surface area (Å²) >= 11 is 0. The molecule has 0 saturated heterocycles. The molecule has 2 aromatic carbocycles. The molecule has 3 rings (SSSR count). The van der Waals surface area contributed by atoms with Gasteiger partial charge in [0.25, 0.3) is 0 Å². The fourth-order valence-corrected chi connectivity index (χ4v) is 2.01. The number of benzene rings is 2. The third-order valence-electron chi connectivity index (χ3n) is 2.79. The maximum Gasteiger partial charge on any atom is 0.141 e. The van der Waals surface area contributed by atoms with Gasteiger partial charge in [0.1, 0.15) is 5.82 Å². The SMILES string of the molecule is [O-]c1c(F)c2ccccc2n1-c1ccccc1. The van der Waals surface area contributed by atoms with Crippen LogP contribution < -0.4 is 5.11 Å². The molecular formula is C14H9FNO-. The molecule has 0 saturated carbocycles. The lowest BCUT2D eigenvalue weighted by Crippen LogP contribution is -2.02. The highest BCUT2D eigenvalue weighted by atomic mass is 19.1. The standard InChI is InChI=1S/C14H10FNO/c15-13-11-8-4-5-9-12(11)16(14(13)17)10-6-2-1-3-7-10/h1-9,17H/p-1. The van der Waals surface area contributed by atoms with E-state index in [0.29, 0.717) is 16.6 Å². The molecule has 0 amide bonds. The number of fused-ring (bicyclic) bond motifs is 1. The Hall–Kier alpha value is -2.29. The third-order valence-corrected chi connectivity index (χ3v) is 2.79. The molecule has 0 radical (unpaired) electrons. The Morgan fingerprint density at radius 3 is 2.29 bits per heavy atom. The lowest BCUT2D eigenvalue weighted by molar-refractivity contribution is -0.280. The van der Waals surface area contributed by atoms with Crippen LogP contribution in [-0.2, 0) is 0 Å². The second kappa shape index (κ2) is 3.63. The Balaban J connectivity index is 2.41. The van der Waals surface area contributed by atoms with E-state index in [1.165, 1.54) is 4.57 Å². The van der Waals surface area contributed by atoms with Crippen LogP contribution in [0.4, 0.5) is 4.39 Å². The fourth-order valence-electron chi connectivity index (χ4n) is 2.01. The average Bonchev–Trinajstić information content (AvgIpc) is 2.64. The van der Waals surface area contributed by atoms with Crippen LogP contribution in [0.5, 0.6) is 5.88 Å². The smallest absolute Gasteiger partial charge is 0.141 e. The highest BCUT2D eigenvalue weighted by molar-refractivity contribution is 5.85. The van der Waals surface area contributed by atoms with Crippen molar-refractivity contribution in [3.8, 4) is 11.6 Å². The summed E-state index contributed by atoms with van der Waals surface area (Å²) in [7, 11) is 0. The first-order valence-corrected chi connectivity index (χ1v) is 5.30. The maximum atomic E-state index is 13.8. The molecule has 0 aliphatic heterocycles. The first-order valence-electron chi connectivity index (χ1n) is 5.30. The molecule has 0 aliphatic carbocycles. The van der Waals surface area contributed by atoms with Crippen molar-refractivity contribution < 1.29 is 9.50 Å². The van der Waals surface area contributed by atoms with Crippen LogP contribution in [0.25, 0.3) is 16.6 Å². The van der Waals surface area contributed by atoms with Crippen molar-refractivity contribution in [1.82, 2.24) is 4.57 Å². The van der Waals surface area contributed by atoms with Crippen LogP contribution >= 0.6 is 0 Å². The molecular weight excluding hydrogens is 217 g/mol. The van der Waals surface area contributed by atoms with Gasteiger partial charge in [0.2, 0.25) is 0 Å². The van der Waals surface area contributed by atoms with Gasteiger partial charge < -0.3 is 9.67 Å². The normalized spacial score (nSPS) is 10.9. The van der Waals surface area contributed by atoms with Gasteiger partial charge in [-0.25, -0.2) is 4.39 Å². The Kier molecular flexibility index (Phi) is 2.11. The second-order valence-electron chi connectivity index (χ2n) is 3.81. The van der Waals surface area contributed by atoms with Gasteiger partial charge in [-0.05, 0) is 24.3 Å². The fraction of sp³-hybridized carbons (Fsp3) is 0. The van der Waals surface area contributed by atoms with Crippen LogP contribution in [0.15, 0.2) is 54.6 Å². The Labute approximate surface area is 97.5 Å². The van der Waals surface area contributed by atoms with E-state index in [-0.39, 0.29) is 0 Å². The summed E-state index contributed by atoms with van der Waals surface area (Å²) < 4.78 is 15.2. The summed E-state index contributed by atoms with van der Waals surface area (Å²) in [6.45, 7) is 0. The third kappa shape index (κ3) is 1.40. The van der Waals surface area contributed by atoms with Crippen LogP contribution in [0.2, 0.25) is 0 Å². The molecule has 0 unspecified atom stereocenters. The largest absolute Gasteiger partial charge is 0.858 e. The first kappa shape index (κ1) is 9.90. The Morgan fingerprint density at radius 1 is 0.882 bits per heavy atom. The highest BCUT2D eigenvalue weighted by Gasteiger charge is 2.10. The van der Waals surface area contributed by atoms with Gasteiger partial charge in [-0.15, -0.1) is 0 Å². The van der Waals surface area contributed by atoms with E-state index < -0.39 is 11.7 Å². The van der Waals surface area contributed by atoms with Crippen molar-refractivity contribution in [1.29, 1.82) is 0 Å². The number of halogens is 1. The molecule has 0 bridgehead atoms. The summed E-state index contributed by atoms with van der Waals surface area (Å²) in [6.07, 6.45) is 0. The van der Waals surface area contributed by atoms with Crippen molar-refractivity contribution in [2.45, 2.75) is 0 Å².